The van der Waals surface area contributed by atoms with E-state index in [1.54, 1.807) is 0 Å². The van der Waals surface area contributed by atoms with Crippen LogP contribution in [-0.2, 0) is 5.41 Å². The van der Waals surface area contributed by atoms with Gasteiger partial charge in [0.15, 0.2) is 0 Å². The molecule has 0 aromatic heterocycles. The zero-order valence-corrected chi connectivity index (χ0v) is 13.4. The van der Waals surface area contributed by atoms with Gasteiger partial charge in [-0.05, 0) is 39.3 Å². The van der Waals surface area contributed by atoms with Gasteiger partial charge in [0, 0.05) is 0 Å². The molecule has 0 atom stereocenters. The van der Waals surface area contributed by atoms with Crippen molar-refractivity contribution in [1.29, 1.82) is 0 Å². The predicted octanol–water partition coefficient (Wildman–Crippen LogP) is 6.12. The molecule has 0 aliphatic rings. The number of rotatable bonds is 2. The Hall–Kier alpha value is -2.34. The Labute approximate surface area is 133 Å². The van der Waals surface area contributed by atoms with E-state index in [4.69, 9.17) is 0 Å². The van der Waals surface area contributed by atoms with Crippen molar-refractivity contribution in [2.75, 3.05) is 0 Å². The van der Waals surface area contributed by atoms with Gasteiger partial charge < -0.3 is 0 Å². The zero-order chi connectivity index (χ0) is 15.6. The van der Waals surface area contributed by atoms with Crippen LogP contribution in [0.2, 0.25) is 0 Å². The SMILES string of the molecule is CC(C)(C)c1[c]cccc1-c1ccc(-c2ccccc2)cc1. The fourth-order valence-corrected chi connectivity index (χ4v) is 2.77. The average Bonchev–Trinajstić information content (AvgIpc) is 2.55. The van der Waals surface area contributed by atoms with Crippen LogP contribution >= 0.6 is 0 Å². The molecule has 109 valence electrons. The van der Waals surface area contributed by atoms with Crippen LogP contribution < -0.4 is 0 Å². The molecule has 3 aromatic rings. The summed E-state index contributed by atoms with van der Waals surface area (Å²) in [6, 6.07) is 29.0. The van der Waals surface area contributed by atoms with E-state index >= 15 is 0 Å². The van der Waals surface area contributed by atoms with Gasteiger partial charge in [0.25, 0.3) is 0 Å². The molecular formula is C22H21. The Morgan fingerprint density at radius 2 is 1.23 bits per heavy atom. The van der Waals surface area contributed by atoms with Crippen LogP contribution in [0.5, 0.6) is 0 Å². The van der Waals surface area contributed by atoms with Gasteiger partial charge in [0.2, 0.25) is 0 Å². The summed E-state index contributed by atoms with van der Waals surface area (Å²) < 4.78 is 0. The fraction of sp³-hybridized carbons (Fsp3) is 0.182. The lowest BCUT2D eigenvalue weighted by Gasteiger charge is -2.22. The number of benzene rings is 3. The third-order valence-corrected chi connectivity index (χ3v) is 3.91. The highest BCUT2D eigenvalue weighted by atomic mass is 14.2. The molecule has 0 heteroatoms. The quantitative estimate of drug-likeness (QED) is 0.532. The van der Waals surface area contributed by atoms with Gasteiger partial charge in [-0.15, -0.1) is 0 Å². The van der Waals surface area contributed by atoms with Crippen LogP contribution in [0.1, 0.15) is 26.3 Å². The monoisotopic (exact) mass is 285 g/mol. The van der Waals surface area contributed by atoms with Crippen LogP contribution in [0, 0.1) is 6.07 Å². The first-order chi connectivity index (χ1) is 10.6. The minimum atomic E-state index is 0.0920. The predicted molar refractivity (Wildman–Crippen MR) is 94.9 cm³/mol. The molecule has 0 bridgehead atoms. The van der Waals surface area contributed by atoms with Gasteiger partial charge >= 0.3 is 0 Å². The first-order valence-corrected chi connectivity index (χ1v) is 7.73. The van der Waals surface area contributed by atoms with Crippen molar-refractivity contribution in [3.05, 3.63) is 84.4 Å². The van der Waals surface area contributed by atoms with E-state index in [9.17, 15) is 0 Å². The molecule has 0 aliphatic heterocycles. The lowest BCUT2D eigenvalue weighted by Crippen LogP contribution is -2.12. The van der Waals surface area contributed by atoms with Crippen LogP contribution in [0.15, 0.2) is 72.8 Å². The van der Waals surface area contributed by atoms with Crippen molar-refractivity contribution in [2.45, 2.75) is 26.2 Å². The van der Waals surface area contributed by atoms with Crippen molar-refractivity contribution in [1.82, 2.24) is 0 Å². The Morgan fingerprint density at radius 1 is 0.636 bits per heavy atom. The van der Waals surface area contributed by atoms with E-state index in [0.29, 0.717) is 0 Å². The third-order valence-electron chi connectivity index (χ3n) is 3.91. The molecule has 0 unspecified atom stereocenters. The molecule has 22 heavy (non-hydrogen) atoms. The maximum Gasteiger partial charge on any atom is -0.0120 e. The summed E-state index contributed by atoms with van der Waals surface area (Å²) in [7, 11) is 0. The summed E-state index contributed by atoms with van der Waals surface area (Å²) in [5.41, 5.74) is 6.39. The second kappa shape index (κ2) is 5.81. The van der Waals surface area contributed by atoms with Gasteiger partial charge in [-0.3, -0.25) is 0 Å². The van der Waals surface area contributed by atoms with Crippen LogP contribution in [0.4, 0.5) is 0 Å². The van der Waals surface area contributed by atoms with Gasteiger partial charge in [0.1, 0.15) is 0 Å². The summed E-state index contributed by atoms with van der Waals surface area (Å²) in [6.07, 6.45) is 0. The van der Waals surface area contributed by atoms with E-state index < -0.39 is 0 Å². The molecule has 0 saturated heterocycles. The molecule has 0 nitrogen and oxygen atoms in total. The molecule has 0 aliphatic carbocycles. The molecule has 0 heterocycles. The summed E-state index contributed by atoms with van der Waals surface area (Å²) in [4.78, 5) is 0. The first kappa shape index (κ1) is 14.6. The van der Waals surface area contributed by atoms with Gasteiger partial charge in [-0.1, -0.05) is 93.6 Å². The fourth-order valence-electron chi connectivity index (χ4n) is 2.77. The summed E-state index contributed by atoms with van der Waals surface area (Å²) in [5, 5.41) is 0. The summed E-state index contributed by atoms with van der Waals surface area (Å²) in [5.74, 6) is 0. The Kier molecular flexibility index (Phi) is 3.85. The third kappa shape index (κ3) is 2.96. The van der Waals surface area contributed by atoms with E-state index in [-0.39, 0.29) is 5.41 Å². The molecule has 0 fully saturated rings. The molecule has 0 amide bonds. The molecule has 0 saturated carbocycles. The normalized spacial score (nSPS) is 11.4. The lowest BCUT2D eigenvalue weighted by molar-refractivity contribution is 0.591. The number of hydrogen-bond acceptors (Lipinski definition) is 0. The minimum absolute atomic E-state index is 0.0920. The molecule has 0 spiro atoms. The van der Waals surface area contributed by atoms with Crippen LogP contribution in [-0.4, -0.2) is 0 Å². The van der Waals surface area contributed by atoms with Gasteiger partial charge in [0.05, 0.1) is 0 Å². The average molecular weight is 285 g/mol. The van der Waals surface area contributed by atoms with Gasteiger partial charge in [-0.2, -0.15) is 0 Å². The number of hydrogen-bond donors (Lipinski definition) is 0. The topological polar surface area (TPSA) is 0 Å². The summed E-state index contributed by atoms with van der Waals surface area (Å²) in [6.45, 7) is 6.71. The summed E-state index contributed by atoms with van der Waals surface area (Å²) >= 11 is 0. The van der Waals surface area contributed by atoms with Crippen LogP contribution in [0.3, 0.4) is 0 Å². The molecule has 0 N–H and O–H groups in total. The lowest BCUT2D eigenvalue weighted by atomic mass is 9.82. The van der Waals surface area contributed by atoms with Crippen molar-refractivity contribution in [3.8, 4) is 22.3 Å². The largest absolute Gasteiger partial charge is 0.0622 e. The van der Waals surface area contributed by atoms with E-state index in [1.807, 2.05) is 12.1 Å². The van der Waals surface area contributed by atoms with E-state index in [2.05, 4.69) is 87.5 Å². The molecule has 3 rings (SSSR count). The van der Waals surface area contributed by atoms with Crippen molar-refractivity contribution >= 4 is 0 Å². The first-order valence-electron chi connectivity index (χ1n) is 7.73. The Bertz CT molecular complexity index is 744. The van der Waals surface area contributed by atoms with E-state index in [1.165, 1.54) is 27.8 Å². The maximum absolute atomic E-state index is 3.42. The smallest absolute Gasteiger partial charge is 0.0120 e. The van der Waals surface area contributed by atoms with E-state index in [0.717, 1.165) is 0 Å². The second-order valence-electron chi connectivity index (χ2n) is 6.65. The molecule has 3 aromatic carbocycles. The minimum Gasteiger partial charge on any atom is -0.0622 e. The van der Waals surface area contributed by atoms with Crippen LogP contribution in [0.25, 0.3) is 22.3 Å². The molecular weight excluding hydrogens is 264 g/mol. The Morgan fingerprint density at radius 3 is 1.86 bits per heavy atom. The zero-order valence-electron chi connectivity index (χ0n) is 13.4. The standard InChI is InChI=1S/C22H21/c1-22(2,3)21-12-8-7-11-20(21)19-15-13-18(14-16-19)17-9-5-4-6-10-17/h4-11,13-16H,1-3H3. The highest BCUT2D eigenvalue weighted by Gasteiger charge is 2.18. The molecule has 1 radical (unpaired) electrons. The van der Waals surface area contributed by atoms with Crippen molar-refractivity contribution in [2.24, 2.45) is 0 Å². The Balaban J connectivity index is 2.01. The van der Waals surface area contributed by atoms with Gasteiger partial charge in [-0.25, -0.2) is 0 Å². The highest BCUT2D eigenvalue weighted by Crippen LogP contribution is 2.33. The highest BCUT2D eigenvalue weighted by molar-refractivity contribution is 5.72. The second-order valence-corrected chi connectivity index (χ2v) is 6.65. The van der Waals surface area contributed by atoms with Crippen molar-refractivity contribution in [3.63, 3.8) is 0 Å². The van der Waals surface area contributed by atoms with Crippen molar-refractivity contribution < 1.29 is 0 Å². The maximum atomic E-state index is 3.42.